The van der Waals surface area contributed by atoms with Crippen molar-refractivity contribution in [2.75, 3.05) is 17.6 Å². The van der Waals surface area contributed by atoms with Crippen LogP contribution in [0.4, 0.5) is 11.4 Å². The molecular formula is C9H15N3. The second-order valence-electron chi connectivity index (χ2n) is 3.28. The molecule has 1 heterocycles. The van der Waals surface area contributed by atoms with E-state index in [9.17, 15) is 0 Å². The number of pyridine rings is 1. The molecule has 1 aromatic rings. The van der Waals surface area contributed by atoms with Crippen LogP contribution in [0.3, 0.4) is 0 Å². The minimum Gasteiger partial charge on any atom is -0.397 e. The van der Waals surface area contributed by atoms with Crippen molar-refractivity contribution in [1.82, 2.24) is 4.98 Å². The monoisotopic (exact) mass is 165 g/mol. The van der Waals surface area contributed by atoms with Gasteiger partial charge in [0.25, 0.3) is 0 Å². The Balaban J connectivity index is 2.52. The Morgan fingerprint density at radius 1 is 1.50 bits per heavy atom. The van der Waals surface area contributed by atoms with E-state index in [2.05, 4.69) is 24.1 Å². The Morgan fingerprint density at radius 2 is 2.25 bits per heavy atom. The third-order valence-electron chi connectivity index (χ3n) is 1.47. The number of nitrogens with one attached hydrogen (secondary N) is 1. The van der Waals surface area contributed by atoms with E-state index in [4.69, 9.17) is 5.73 Å². The van der Waals surface area contributed by atoms with E-state index in [1.165, 1.54) is 0 Å². The Labute approximate surface area is 73.0 Å². The fraction of sp³-hybridized carbons (Fsp3) is 0.444. The summed E-state index contributed by atoms with van der Waals surface area (Å²) in [4.78, 5) is 3.97. The van der Waals surface area contributed by atoms with Crippen molar-refractivity contribution < 1.29 is 0 Å². The van der Waals surface area contributed by atoms with Crippen LogP contribution in [-0.4, -0.2) is 11.5 Å². The summed E-state index contributed by atoms with van der Waals surface area (Å²) < 4.78 is 0. The molecule has 0 saturated carbocycles. The van der Waals surface area contributed by atoms with E-state index >= 15 is 0 Å². The maximum Gasteiger partial charge on any atom is 0.0547 e. The van der Waals surface area contributed by atoms with Gasteiger partial charge in [0.05, 0.1) is 17.6 Å². The van der Waals surface area contributed by atoms with Crippen LogP contribution in [0.5, 0.6) is 0 Å². The molecule has 0 amide bonds. The molecule has 66 valence electrons. The van der Waals surface area contributed by atoms with Crippen molar-refractivity contribution in [3.63, 3.8) is 0 Å². The molecular weight excluding hydrogens is 150 g/mol. The Hall–Kier alpha value is -1.25. The van der Waals surface area contributed by atoms with E-state index in [1.807, 2.05) is 6.07 Å². The molecule has 0 fully saturated rings. The lowest BCUT2D eigenvalue weighted by Crippen LogP contribution is -2.08. The number of nitrogens with zero attached hydrogens (tertiary/aromatic N) is 1. The third kappa shape index (κ3) is 2.78. The van der Waals surface area contributed by atoms with Crippen molar-refractivity contribution in [3.05, 3.63) is 18.5 Å². The Bertz CT molecular complexity index is 245. The van der Waals surface area contributed by atoms with Crippen LogP contribution in [0.1, 0.15) is 13.8 Å². The Morgan fingerprint density at radius 3 is 2.83 bits per heavy atom. The first kappa shape index (κ1) is 8.84. The van der Waals surface area contributed by atoms with Crippen LogP contribution in [0.25, 0.3) is 0 Å². The maximum atomic E-state index is 5.56. The molecule has 3 heteroatoms. The lowest BCUT2D eigenvalue weighted by atomic mass is 10.2. The van der Waals surface area contributed by atoms with Crippen LogP contribution in [0.15, 0.2) is 18.5 Å². The van der Waals surface area contributed by atoms with Crippen molar-refractivity contribution in [2.45, 2.75) is 13.8 Å². The summed E-state index contributed by atoms with van der Waals surface area (Å²) in [6.45, 7) is 5.27. The van der Waals surface area contributed by atoms with E-state index in [0.29, 0.717) is 11.6 Å². The smallest absolute Gasteiger partial charge is 0.0547 e. The molecule has 3 N–H and O–H groups in total. The first-order chi connectivity index (χ1) is 5.68. The summed E-state index contributed by atoms with van der Waals surface area (Å²) in [6, 6.07) is 1.88. The molecule has 0 unspecified atom stereocenters. The van der Waals surface area contributed by atoms with E-state index in [-0.39, 0.29) is 0 Å². The quantitative estimate of drug-likeness (QED) is 0.717. The van der Waals surface area contributed by atoms with Gasteiger partial charge < -0.3 is 11.1 Å². The highest BCUT2D eigenvalue weighted by atomic mass is 14.9. The van der Waals surface area contributed by atoms with Gasteiger partial charge in [-0.1, -0.05) is 13.8 Å². The molecule has 0 radical (unpaired) electrons. The average Bonchev–Trinajstić information content (AvgIpc) is 2.01. The first-order valence-corrected chi connectivity index (χ1v) is 4.13. The molecule has 1 aromatic heterocycles. The molecule has 0 aliphatic carbocycles. The van der Waals surface area contributed by atoms with Gasteiger partial charge in [0.2, 0.25) is 0 Å². The highest BCUT2D eigenvalue weighted by Crippen LogP contribution is 2.09. The van der Waals surface area contributed by atoms with Gasteiger partial charge in [-0.3, -0.25) is 4.98 Å². The molecule has 12 heavy (non-hydrogen) atoms. The standard InChI is InChI=1S/C9H15N3/c1-7(2)4-12-9-3-8(10)5-11-6-9/h3,5-7,12H,4,10H2,1-2H3. The van der Waals surface area contributed by atoms with Crippen LogP contribution in [0.2, 0.25) is 0 Å². The molecule has 0 aliphatic rings. The highest BCUT2D eigenvalue weighted by Gasteiger charge is 1.95. The normalized spacial score (nSPS) is 10.2. The molecule has 0 aliphatic heterocycles. The largest absolute Gasteiger partial charge is 0.397 e. The number of nitrogen functional groups attached to an aromatic ring is 1. The maximum absolute atomic E-state index is 5.56. The predicted molar refractivity (Wildman–Crippen MR) is 52.0 cm³/mol. The molecule has 1 rings (SSSR count). The van der Waals surface area contributed by atoms with Gasteiger partial charge in [0.1, 0.15) is 0 Å². The fourth-order valence-corrected chi connectivity index (χ4v) is 0.876. The van der Waals surface area contributed by atoms with Crippen molar-refractivity contribution in [3.8, 4) is 0 Å². The lowest BCUT2D eigenvalue weighted by Gasteiger charge is -2.08. The number of anilines is 2. The van der Waals surface area contributed by atoms with Crippen LogP contribution >= 0.6 is 0 Å². The zero-order valence-electron chi connectivity index (χ0n) is 7.54. The molecule has 0 aromatic carbocycles. The number of hydrogen-bond acceptors (Lipinski definition) is 3. The second-order valence-corrected chi connectivity index (χ2v) is 3.28. The number of hydrogen-bond donors (Lipinski definition) is 2. The van der Waals surface area contributed by atoms with Gasteiger partial charge in [-0.25, -0.2) is 0 Å². The second kappa shape index (κ2) is 3.95. The summed E-state index contributed by atoms with van der Waals surface area (Å²) in [6.07, 6.45) is 3.42. The van der Waals surface area contributed by atoms with Gasteiger partial charge in [-0.05, 0) is 12.0 Å². The summed E-state index contributed by atoms with van der Waals surface area (Å²) >= 11 is 0. The third-order valence-corrected chi connectivity index (χ3v) is 1.47. The van der Waals surface area contributed by atoms with Gasteiger partial charge in [-0.2, -0.15) is 0 Å². The van der Waals surface area contributed by atoms with Crippen LogP contribution in [0, 0.1) is 5.92 Å². The Kier molecular flexibility index (Phi) is 2.91. The van der Waals surface area contributed by atoms with Gasteiger partial charge in [0.15, 0.2) is 0 Å². The minimum atomic E-state index is 0.631. The van der Waals surface area contributed by atoms with Crippen molar-refractivity contribution in [1.29, 1.82) is 0 Å². The summed E-state index contributed by atoms with van der Waals surface area (Å²) in [5.74, 6) is 0.631. The average molecular weight is 165 g/mol. The zero-order chi connectivity index (χ0) is 8.97. The summed E-state index contributed by atoms with van der Waals surface area (Å²) in [5, 5.41) is 3.24. The van der Waals surface area contributed by atoms with Crippen LogP contribution < -0.4 is 11.1 Å². The van der Waals surface area contributed by atoms with Crippen molar-refractivity contribution >= 4 is 11.4 Å². The van der Waals surface area contributed by atoms with Crippen molar-refractivity contribution in [2.24, 2.45) is 5.92 Å². The number of aromatic nitrogens is 1. The topological polar surface area (TPSA) is 50.9 Å². The van der Waals surface area contributed by atoms with E-state index in [1.54, 1.807) is 12.4 Å². The highest BCUT2D eigenvalue weighted by molar-refractivity contribution is 5.51. The lowest BCUT2D eigenvalue weighted by molar-refractivity contribution is 0.689. The zero-order valence-corrected chi connectivity index (χ0v) is 7.54. The van der Waals surface area contributed by atoms with E-state index in [0.717, 1.165) is 12.2 Å². The van der Waals surface area contributed by atoms with Gasteiger partial charge in [-0.15, -0.1) is 0 Å². The molecule has 0 atom stereocenters. The van der Waals surface area contributed by atoms with Gasteiger partial charge >= 0.3 is 0 Å². The molecule has 0 bridgehead atoms. The predicted octanol–water partition coefficient (Wildman–Crippen LogP) is 1.73. The summed E-state index contributed by atoms with van der Waals surface area (Å²) in [5.41, 5.74) is 7.25. The van der Waals surface area contributed by atoms with Crippen LogP contribution in [-0.2, 0) is 0 Å². The number of nitrogens with two attached hydrogens (primary N) is 1. The molecule has 3 nitrogen and oxygen atoms in total. The number of rotatable bonds is 3. The molecule has 0 saturated heterocycles. The SMILES string of the molecule is CC(C)CNc1cncc(N)c1. The van der Waals surface area contributed by atoms with Gasteiger partial charge in [0, 0.05) is 12.7 Å². The minimum absolute atomic E-state index is 0.631. The first-order valence-electron chi connectivity index (χ1n) is 4.13. The van der Waals surface area contributed by atoms with E-state index < -0.39 is 0 Å². The summed E-state index contributed by atoms with van der Waals surface area (Å²) in [7, 11) is 0. The fourth-order valence-electron chi connectivity index (χ4n) is 0.876. The molecule has 0 spiro atoms.